The molecule has 1 heterocycles. The van der Waals surface area contributed by atoms with Gasteiger partial charge in [0.15, 0.2) is 5.96 Å². The van der Waals surface area contributed by atoms with Gasteiger partial charge in [0.05, 0.1) is 24.9 Å². The molecule has 0 saturated carbocycles. The van der Waals surface area contributed by atoms with E-state index < -0.39 is 35.8 Å². The maximum Gasteiger partial charge on any atom is 0.243 e. The third-order valence-corrected chi connectivity index (χ3v) is 8.12. The molecule has 3 atom stereocenters. The molecular formula is C34H58N12O5. The first kappa shape index (κ1) is 42.4. The Morgan fingerprint density at radius 3 is 1.96 bits per heavy atom. The number of primary amides is 1. The molecule has 0 spiro atoms. The fourth-order valence-electron chi connectivity index (χ4n) is 5.29. The highest BCUT2D eigenvalue weighted by molar-refractivity contribution is 5.94. The van der Waals surface area contributed by atoms with Gasteiger partial charge in [0.25, 0.3) is 0 Å². The molecule has 0 unspecified atom stereocenters. The van der Waals surface area contributed by atoms with Crippen LogP contribution in [0, 0.1) is 0 Å². The largest absolute Gasteiger partial charge is 0.370 e. The van der Waals surface area contributed by atoms with E-state index in [9.17, 15) is 24.0 Å². The van der Waals surface area contributed by atoms with E-state index in [0.29, 0.717) is 58.3 Å². The Bertz CT molecular complexity index is 1410. The van der Waals surface area contributed by atoms with Gasteiger partial charge in [0, 0.05) is 43.3 Å². The van der Waals surface area contributed by atoms with Crippen molar-refractivity contribution in [3.8, 4) is 0 Å². The van der Waals surface area contributed by atoms with Gasteiger partial charge in [-0.05, 0) is 76.1 Å². The Morgan fingerprint density at radius 1 is 0.706 bits per heavy atom. The van der Waals surface area contributed by atoms with Crippen molar-refractivity contribution in [2.45, 2.75) is 88.8 Å². The van der Waals surface area contributed by atoms with Gasteiger partial charge in [-0.3, -0.25) is 29.0 Å². The normalized spacial score (nSPS) is 12.7. The van der Waals surface area contributed by atoms with Crippen LogP contribution in [0.4, 0.5) is 0 Å². The van der Waals surface area contributed by atoms with Crippen LogP contribution in [-0.2, 0) is 30.4 Å². The molecular weight excluding hydrogens is 656 g/mol. The minimum Gasteiger partial charge on any atom is -0.370 e. The van der Waals surface area contributed by atoms with Crippen LogP contribution in [0.15, 0.2) is 35.5 Å². The van der Waals surface area contributed by atoms with E-state index in [4.69, 9.17) is 28.7 Å². The Hall–Kier alpha value is -4.74. The predicted molar refractivity (Wildman–Crippen MR) is 198 cm³/mol. The molecule has 284 valence electrons. The molecule has 0 fully saturated rings. The fourth-order valence-corrected chi connectivity index (χ4v) is 5.29. The maximum absolute atomic E-state index is 12.7. The lowest BCUT2D eigenvalue weighted by Gasteiger charge is -2.17. The summed E-state index contributed by atoms with van der Waals surface area (Å²) in [4.78, 5) is 68.3. The third-order valence-electron chi connectivity index (χ3n) is 8.12. The average molecular weight is 715 g/mol. The lowest BCUT2D eigenvalue weighted by molar-refractivity contribution is -0.131. The van der Waals surface area contributed by atoms with E-state index in [1.54, 1.807) is 6.20 Å². The van der Waals surface area contributed by atoms with E-state index in [0.717, 1.165) is 55.2 Å². The average Bonchev–Trinajstić information content (AvgIpc) is 3.50. The number of rotatable bonds is 27. The van der Waals surface area contributed by atoms with Gasteiger partial charge in [-0.25, -0.2) is 0 Å². The van der Waals surface area contributed by atoms with Crippen molar-refractivity contribution in [1.82, 2.24) is 31.6 Å². The molecule has 0 radical (unpaired) electrons. The van der Waals surface area contributed by atoms with Crippen molar-refractivity contribution in [3.63, 3.8) is 0 Å². The summed E-state index contributed by atoms with van der Waals surface area (Å²) in [6.45, 7) is 3.31. The minimum atomic E-state index is -1.07. The number of amides is 5. The van der Waals surface area contributed by atoms with Crippen LogP contribution in [-0.4, -0.2) is 97.9 Å². The van der Waals surface area contributed by atoms with E-state index in [1.165, 1.54) is 0 Å². The number of carbonyl (C=O) groups excluding carboxylic acids is 5. The highest BCUT2D eigenvalue weighted by Gasteiger charge is 2.23. The van der Waals surface area contributed by atoms with E-state index in [2.05, 4.69) is 36.6 Å². The van der Waals surface area contributed by atoms with Gasteiger partial charge < -0.3 is 60.2 Å². The molecule has 0 aliphatic carbocycles. The number of unbranched alkanes of at least 4 members (excludes halogenated alkanes) is 3. The number of carbonyl (C=O) groups is 5. The Balaban J connectivity index is 1.48. The summed E-state index contributed by atoms with van der Waals surface area (Å²) >= 11 is 0. The number of fused-ring (bicyclic) bond motifs is 1. The van der Waals surface area contributed by atoms with Gasteiger partial charge in [0.1, 0.15) is 6.04 Å². The molecule has 0 saturated heterocycles. The summed E-state index contributed by atoms with van der Waals surface area (Å²) in [6.07, 6.45) is 7.72. The monoisotopic (exact) mass is 714 g/mol. The van der Waals surface area contributed by atoms with Crippen molar-refractivity contribution in [3.05, 3.63) is 36.0 Å². The molecule has 2 aromatic rings. The zero-order valence-corrected chi connectivity index (χ0v) is 29.5. The van der Waals surface area contributed by atoms with Crippen LogP contribution in [0.1, 0.15) is 69.8 Å². The second-order valence-electron chi connectivity index (χ2n) is 12.5. The number of hydrogen-bond acceptors (Lipinski definition) is 9. The Kier molecular flexibility index (Phi) is 20.3. The molecule has 16 N–H and O–H groups in total. The summed E-state index contributed by atoms with van der Waals surface area (Å²) < 4.78 is 0. The molecule has 0 aliphatic heterocycles. The van der Waals surface area contributed by atoms with Crippen LogP contribution >= 0.6 is 0 Å². The van der Waals surface area contributed by atoms with E-state index in [-0.39, 0.29) is 30.6 Å². The van der Waals surface area contributed by atoms with Crippen molar-refractivity contribution in [1.29, 1.82) is 0 Å². The predicted octanol–water partition coefficient (Wildman–Crippen LogP) is -1.55. The molecule has 2 rings (SSSR count). The smallest absolute Gasteiger partial charge is 0.243 e. The summed E-state index contributed by atoms with van der Waals surface area (Å²) in [5.41, 5.74) is 29.5. The lowest BCUT2D eigenvalue weighted by Crippen LogP contribution is -2.49. The van der Waals surface area contributed by atoms with Gasteiger partial charge in [0.2, 0.25) is 29.5 Å². The number of H-pyrrole nitrogens is 1. The van der Waals surface area contributed by atoms with Crippen molar-refractivity contribution in [2.75, 3.05) is 39.3 Å². The molecule has 0 aliphatic rings. The number of hydrogen-bond donors (Lipinski definition) is 11. The summed E-state index contributed by atoms with van der Waals surface area (Å²) in [5.74, 6) is -1.93. The first-order chi connectivity index (χ1) is 24.5. The minimum absolute atomic E-state index is 0.0232. The molecule has 51 heavy (non-hydrogen) atoms. The van der Waals surface area contributed by atoms with Gasteiger partial charge in [-0.1, -0.05) is 24.6 Å². The van der Waals surface area contributed by atoms with Crippen LogP contribution in [0.5, 0.6) is 0 Å². The number of aromatic nitrogens is 1. The standard InChI is InChI=1S/C34H58N12O5/c35-25(11-4-7-14-40-15-9-19-42-32(50)26(36)12-8-18-44-34(38)39)31(49)41-16-5-1-6-17-43-33(51)28(21-29(37)47)46-30(48)20-23-22-45-27-13-3-2-10-24(23)27/h2-3,10,13,22,25-26,28,40,45H,1,4-9,11-12,14-21,35-36H2,(H2,37,47)(H,41,49)(H,42,50)(H,43,51)(H,46,48)(H4,38,39,44)/t25-,26-,28-/m0/s1. The molecule has 17 heteroatoms. The number of aliphatic imine (C=N–C) groups is 1. The van der Waals surface area contributed by atoms with Gasteiger partial charge >= 0.3 is 0 Å². The number of nitrogens with two attached hydrogens (primary N) is 5. The molecule has 0 bridgehead atoms. The van der Waals surface area contributed by atoms with Crippen LogP contribution in [0.2, 0.25) is 0 Å². The number of nitrogens with zero attached hydrogens (tertiary/aromatic N) is 1. The number of guanidine groups is 1. The first-order valence-corrected chi connectivity index (χ1v) is 17.7. The van der Waals surface area contributed by atoms with Gasteiger partial charge in [-0.2, -0.15) is 0 Å². The number of benzene rings is 1. The van der Waals surface area contributed by atoms with Crippen LogP contribution in [0.25, 0.3) is 10.9 Å². The Morgan fingerprint density at radius 2 is 1.29 bits per heavy atom. The summed E-state index contributed by atoms with van der Waals surface area (Å²) in [5, 5.41) is 15.3. The lowest BCUT2D eigenvalue weighted by atomic mass is 10.1. The van der Waals surface area contributed by atoms with E-state index in [1.807, 2.05) is 24.3 Å². The van der Waals surface area contributed by atoms with E-state index >= 15 is 0 Å². The van der Waals surface area contributed by atoms with Crippen molar-refractivity contribution >= 4 is 46.4 Å². The maximum atomic E-state index is 12.7. The van der Waals surface area contributed by atoms with Crippen LogP contribution < -0.4 is 55.3 Å². The number of para-hydroxylation sites is 1. The first-order valence-electron chi connectivity index (χ1n) is 17.7. The SMILES string of the molecule is NC(=O)C[C@H](NC(=O)Cc1c[nH]c2ccccc12)C(=O)NCCCCCNC(=O)[C@@H](N)CCCCNCCCNC(=O)[C@@H](N)CCCN=C(N)N. The molecule has 5 amide bonds. The van der Waals surface area contributed by atoms with Crippen molar-refractivity contribution < 1.29 is 24.0 Å². The third kappa shape index (κ3) is 18.2. The topological polar surface area (TPSA) is 304 Å². The van der Waals surface area contributed by atoms with Crippen molar-refractivity contribution in [2.24, 2.45) is 33.7 Å². The fraction of sp³-hybridized carbons (Fsp3) is 0.588. The molecule has 17 nitrogen and oxygen atoms in total. The highest BCUT2D eigenvalue weighted by atomic mass is 16.2. The summed E-state index contributed by atoms with van der Waals surface area (Å²) in [6, 6.07) is 5.34. The zero-order chi connectivity index (χ0) is 37.4. The quantitative estimate of drug-likeness (QED) is 0.0287. The zero-order valence-electron chi connectivity index (χ0n) is 29.5. The Labute approximate surface area is 299 Å². The summed E-state index contributed by atoms with van der Waals surface area (Å²) in [7, 11) is 0. The highest BCUT2D eigenvalue weighted by Crippen LogP contribution is 2.18. The number of aromatic amines is 1. The molecule has 1 aromatic carbocycles. The second-order valence-corrected chi connectivity index (χ2v) is 12.5. The number of nitrogens with one attached hydrogen (secondary N) is 6. The van der Waals surface area contributed by atoms with Crippen LogP contribution in [0.3, 0.4) is 0 Å². The molecule has 1 aromatic heterocycles. The van der Waals surface area contributed by atoms with Gasteiger partial charge in [-0.15, -0.1) is 0 Å². The second kappa shape index (κ2) is 24.4.